The zero-order valence-electron chi connectivity index (χ0n) is 14.0. The number of carbonyl (C=O) groups is 1. The Hall–Kier alpha value is -2.96. The number of hydrogen-bond donors (Lipinski definition) is 0. The van der Waals surface area contributed by atoms with Crippen molar-refractivity contribution < 1.29 is 9.53 Å². The second-order valence-corrected chi connectivity index (χ2v) is 6.13. The van der Waals surface area contributed by atoms with E-state index in [-0.39, 0.29) is 12.0 Å². The summed E-state index contributed by atoms with van der Waals surface area (Å²) in [6.45, 7) is 3.20. The molecule has 3 aromatic rings. The molecule has 0 saturated carbocycles. The topological polar surface area (TPSA) is 72.6 Å². The summed E-state index contributed by atoms with van der Waals surface area (Å²) in [5, 5.41) is 0. The third-order valence-electron chi connectivity index (χ3n) is 4.48. The maximum atomic E-state index is 13.0. The predicted octanol–water partition coefficient (Wildman–Crippen LogP) is 2.12. The van der Waals surface area contributed by atoms with Crippen molar-refractivity contribution in [2.24, 2.45) is 0 Å². The number of ether oxygens (including phenoxy) is 1. The second-order valence-electron chi connectivity index (χ2n) is 6.13. The largest absolute Gasteiger partial charge is 0.474 e. The van der Waals surface area contributed by atoms with E-state index in [1.807, 2.05) is 40.6 Å². The number of rotatable bonds is 3. The molecule has 0 spiro atoms. The van der Waals surface area contributed by atoms with E-state index >= 15 is 0 Å². The van der Waals surface area contributed by atoms with Gasteiger partial charge in [-0.15, -0.1) is 0 Å². The van der Waals surface area contributed by atoms with Crippen molar-refractivity contribution in [2.75, 3.05) is 13.1 Å². The Bertz CT molecular complexity index is 885. The van der Waals surface area contributed by atoms with Crippen LogP contribution in [0.15, 0.2) is 43.0 Å². The minimum atomic E-state index is 0.0247. The predicted molar refractivity (Wildman–Crippen MR) is 91.5 cm³/mol. The molecule has 0 unspecified atom stereocenters. The number of nitrogens with zero attached hydrogens (tertiary/aromatic N) is 5. The molecule has 1 saturated heterocycles. The lowest BCUT2D eigenvalue weighted by molar-refractivity contribution is 0.0580. The van der Waals surface area contributed by atoms with Crippen LogP contribution in [0.1, 0.15) is 29.0 Å². The zero-order valence-corrected chi connectivity index (χ0v) is 14.0. The Morgan fingerprint density at radius 1 is 1.24 bits per heavy atom. The summed E-state index contributed by atoms with van der Waals surface area (Å²) >= 11 is 0. The van der Waals surface area contributed by atoms with Crippen LogP contribution in [0.4, 0.5) is 0 Å². The summed E-state index contributed by atoms with van der Waals surface area (Å²) in [7, 11) is 0. The Morgan fingerprint density at radius 3 is 2.84 bits per heavy atom. The average molecular weight is 337 g/mol. The molecule has 0 bridgehead atoms. The van der Waals surface area contributed by atoms with Crippen molar-refractivity contribution in [1.82, 2.24) is 24.3 Å². The fourth-order valence-corrected chi connectivity index (χ4v) is 3.22. The standard InChI is InChI=1S/C18H19N5O2/c1-13-17(23-9-3-2-4-15(23)21-13)18(24)22-10-6-14(7-11-22)25-16-5-8-19-12-20-16/h2-5,8-9,12,14H,6-7,10-11H2,1H3. The molecular weight excluding hydrogens is 318 g/mol. The van der Waals surface area contributed by atoms with Crippen LogP contribution in [-0.2, 0) is 0 Å². The number of likely N-dealkylation sites (tertiary alicyclic amines) is 1. The third kappa shape index (κ3) is 3.05. The summed E-state index contributed by atoms with van der Waals surface area (Å²) < 4.78 is 7.72. The Kier molecular flexibility index (Phi) is 4.05. The van der Waals surface area contributed by atoms with Crippen molar-refractivity contribution in [1.29, 1.82) is 0 Å². The third-order valence-corrected chi connectivity index (χ3v) is 4.48. The first-order valence-corrected chi connectivity index (χ1v) is 8.38. The van der Waals surface area contributed by atoms with Gasteiger partial charge in [0.2, 0.25) is 5.88 Å². The van der Waals surface area contributed by atoms with Gasteiger partial charge in [-0.2, -0.15) is 0 Å². The van der Waals surface area contributed by atoms with Gasteiger partial charge in [-0.3, -0.25) is 9.20 Å². The van der Waals surface area contributed by atoms with E-state index in [9.17, 15) is 4.79 Å². The average Bonchev–Trinajstić information content (AvgIpc) is 2.98. The number of aryl methyl sites for hydroxylation is 1. The molecule has 128 valence electrons. The summed E-state index contributed by atoms with van der Waals surface area (Å²) in [6.07, 6.45) is 6.66. The van der Waals surface area contributed by atoms with E-state index < -0.39 is 0 Å². The van der Waals surface area contributed by atoms with Gasteiger partial charge in [0.05, 0.1) is 5.69 Å². The van der Waals surface area contributed by atoms with Gasteiger partial charge in [-0.1, -0.05) is 6.07 Å². The van der Waals surface area contributed by atoms with Gasteiger partial charge < -0.3 is 9.64 Å². The van der Waals surface area contributed by atoms with Gasteiger partial charge >= 0.3 is 0 Å². The first-order valence-electron chi connectivity index (χ1n) is 8.38. The molecule has 3 aromatic heterocycles. The van der Waals surface area contributed by atoms with E-state index in [2.05, 4.69) is 15.0 Å². The molecule has 4 rings (SSSR count). The Balaban J connectivity index is 1.45. The lowest BCUT2D eigenvalue weighted by Gasteiger charge is -2.31. The first kappa shape index (κ1) is 15.6. The molecular formula is C18H19N5O2. The molecule has 7 nitrogen and oxygen atoms in total. The first-order chi connectivity index (χ1) is 12.2. The highest BCUT2D eigenvalue weighted by Gasteiger charge is 2.27. The fraction of sp³-hybridized carbons (Fsp3) is 0.333. The number of carbonyl (C=O) groups excluding carboxylic acids is 1. The highest BCUT2D eigenvalue weighted by Crippen LogP contribution is 2.20. The highest BCUT2D eigenvalue weighted by molar-refractivity contribution is 5.94. The molecule has 1 fully saturated rings. The van der Waals surface area contributed by atoms with Crippen molar-refractivity contribution in [3.63, 3.8) is 0 Å². The van der Waals surface area contributed by atoms with Gasteiger partial charge in [-0.05, 0) is 19.1 Å². The number of amides is 1. The number of hydrogen-bond acceptors (Lipinski definition) is 5. The molecule has 1 aliphatic heterocycles. The van der Waals surface area contributed by atoms with Crippen LogP contribution in [0.2, 0.25) is 0 Å². The van der Waals surface area contributed by atoms with Crippen LogP contribution in [0.3, 0.4) is 0 Å². The lowest BCUT2D eigenvalue weighted by Crippen LogP contribution is -2.42. The summed E-state index contributed by atoms with van der Waals surface area (Å²) in [4.78, 5) is 27.3. The van der Waals surface area contributed by atoms with Crippen molar-refractivity contribution in [2.45, 2.75) is 25.9 Å². The molecule has 4 heterocycles. The Labute approximate surface area is 145 Å². The maximum Gasteiger partial charge on any atom is 0.272 e. The number of fused-ring (bicyclic) bond motifs is 1. The quantitative estimate of drug-likeness (QED) is 0.732. The molecule has 0 N–H and O–H groups in total. The van der Waals surface area contributed by atoms with Crippen LogP contribution < -0.4 is 4.74 Å². The molecule has 1 aliphatic rings. The van der Waals surface area contributed by atoms with Crippen LogP contribution in [0.25, 0.3) is 5.65 Å². The minimum absolute atomic E-state index is 0.0247. The summed E-state index contributed by atoms with van der Waals surface area (Å²) in [6, 6.07) is 7.49. The van der Waals surface area contributed by atoms with Crippen LogP contribution in [0, 0.1) is 6.92 Å². The van der Waals surface area contributed by atoms with Crippen LogP contribution in [-0.4, -0.2) is 49.4 Å². The number of aromatic nitrogens is 4. The molecule has 1 amide bonds. The number of pyridine rings is 1. The van der Waals surface area contributed by atoms with Gasteiger partial charge in [0, 0.05) is 44.4 Å². The molecule has 25 heavy (non-hydrogen) atoms. The Morgan fingerprint density at radius 2 is 2.08 bits per heavy atom. The van der Waals surface area contributed by atoms with E-state index in [1.165, 1.54) is 6.33 Å². The summed E-state index contributed by atoms with van der Waals surface area (Å²) in [5.74, 6) is 0.606. The molecule has 0 atom stereocenters. The monoisotopic (exact) mass is 337 g/mol. The fourth-order valence-electron chi connectivity index (χ4n) is 3.22. The second kappa shape index (κ2) is 6.51. The van der Waals surface area contributed by atoms with E-state index in [4.69, 9.17) is 4.74 Å². The van der Waals surface area contributed by atoms with Gasteiger partial charge in [0.1, 0.15) is 23.8 Å². The van der Waals surface area contributed by atoms with Gasteiger partial charge in [-0.25, -0.2) is 15.0 Å². The van der Waals surface area contributed by atoms with Gasteiger partial charge in [0.15, 0.2) is 0 Å². The van der Waals surface area contributed by atoms with E-state index in [1.54, 1.807) is 12.3 Å². The van der Waals surface area contributed by atoms with Gasteiger partial charge in [0.25, 0.3) is 5.91 Å². The lowest BCUT2D eigenvalue weighted by atomic mass is 10.1. The number of piperidine rings is 1. The molecule has 0 aliphatic carbocycles. The molecule has 0 radical (unpaired) electrons. The maximum absolute atomic E-state index is 13.0. The number of imidazole rings is 1. The minimum Gasteiger partial charge on any atom is -0.474 e. The highest BCUT2D eigenvalue weighted by atomic mass is 16.5. The molecule has 7 heteroatoms. The molecule has 0 aromatic carbocycles. The van der Waals surface area contributed by atoms with Crippen LogP contribution >= 0.6 is 0 Å². The summed E-state index contributed by atoms with van der Waals surface area (Å²) in [5.41, 5.74) is 2.20. The zero-order chi connectivity index (χ0) is 17.2. The van der Waals surface area contributed by atoms with Crippen LogP contribution in [0.5, 0.6) is 5.88 Å². The SMILES string of the molecule is Cc1nc2ccccn2c1C(=O)N1CCC(Oc2ccncn2)CC1. The van der Waals surface area contributed by atoms with Crippen molar-refractivity contribution in [3.05, 3.63) is 54.4 Å². The van der Waals surface area contributed by atoms with E-state index in [0.717, 1.165) is 24.2 Å². The van der Waals surface area contributed by atoms with Crippen molar-refractivity contribution >= 4 is 11.6 Å². The smallest absolute Gasteiger partial charge is 0.272 e. The van der Waals surface area contributed by atoms with Crippen molar-refractivity contribution in [3.8, 4) is 5.88 Å². The normalized spacial score (nSPS) is 15.5. The van der Waals surface area contributed by atoms with E-state index in [0.29, 0.717) is 24.7 Å².